The summed E-state index contributed by atoms with van der Waals surface area (Å²) < 4.78 is 30.9. The lowest BCUT2D eigenvalue weighted by molar-refractivity contribution is -0.162. The van der Waals surface area contributed by atoms with E-state index in [1.807, 2.05) is 4.90 Å². The highest BCUT2D eigenvalue weighted by atomic mass is 35.5. The van der Waals surface area contributed by atoms with Crippen molar-refractivity contribution in [3.8, 4) is 5.75 Å². The van der Waals surface area contributed by atoms with Crippen LogP contribution in [0, 0.1) is 5.92 Å². The van der Waals surface area contributed by atoms with Crippen LogP contribution in [0.4, 0.5) is 5.69 Å². The summed E-state index contributed by atoms with van der Waals surface area (Å²) in [7, 11) is -3.29. The third-order valence-corrected chi connectivity index (χ3v) is 9.42. The predicted molar refractivity (Wildman–Crippen MR) is 165 cm³/mol. The summed E-state index contributed by atoms with van der Waals surface area (Å²) in [6.07, 6.45) is 13.2. The monoisotopic (exact) mass is 612 g/mol. The number of hydrogen-bond donors (Lipinski definition) is 2. The number of ether oxygens (including phenoxy) is 1. The van der Waals surface area contributed by atoms with Crippen molar-refractivity contribution in [1.29, 1.82) is 0 Å². The van der Waals surface area contributed by atoms with Gasteiger partial charge in [-0.3, -0.25) is 14.3 Å². The lowest BCUT2D eigenvalue weighted by Gasteiger charge is -2.52. The fraction of sp³-hybridized carbons (Fsp3) is 0.733. The van der Waals surface area contributed by atoms with Crippen molar-refractivity contribution in [2.45, 2.75) is 95.6 Å². The molecule has 1 aromatic rings. The summed E-state index contributed by atoms with van der Waals surface area (Å²) in [4.78, 5) is 31.7. The number of likely N-dealkylation sites (tertiary alicyclic amines) is 1. The lowest BCUT2D eigenvalue weighted by atomic mass is 9.79. The second kappa shape index (κ2) is 15.4. The Labute approximate surface area is 252 Å². The number of nitrogens with one attached hydrogen (secondary N) is 2. The molecular formula is C30H49ClN4O5S. The van der Waals surface area contributed by atoms with Crippen LogP contribution >= 0.6 is 12.4 Å². The Hall–Kier alpha value is -2.04. The first-order valence-corrected chi connectivity index (χ1v) is 17.1. The maximum Gasteiger partial charge on any atom is 0.246 e. The number of hydrogen-bond acceptors (Lipinski definition) is 6. The third-order valence-electron chi connectivity index (χ3n) is 8.82. The smallest absolute Gasteiger partial charge is 0.246 e. The van der Waals surface area contributed by atoms with Crippen molar-refractivity contribution in [3.05, 3.63) is 24.3 Å². The molecule has 0 aromatic heterocycles. The van der Waals surface area contributed by atoms with Gasteiger partial charge in [0.25, 0.3) is 0 Å². The first-order chi connectivity index (χ1) is 19.2. The van der Waals surface area contributed by atoms with Gasteiger partial charge in [0.2, 0.25) is 21.8 Å². The maximum atomic E-state index is 13.7. The van der Waals surface area contributed by atoms with E-state index < -0.39 is 15.6 Å². The van der Waals surface area contributed by atoms with Gasteiger partial charge in [0.1, 0.15) is 17.3 Å². The molecule has 2 heterocycles. The van der Waals surface area contributed by atoms with Crippen LogP contribution in [0.5, 0.6) is 5.75 Å². The topological polar surface area (TPSA) is 108 Å². The third kappa shape index (κ3) is 9.22. The number of piperazine rings is 1. The van der Waals surface area contributed by atoms with Crippen LogP contribution in [0.25, 0.3) is 0 Å². The van der Waals surface area contributed by atoms with Crippen LogP contribution in [-0.4, -0.2) is 80.7 Å². The number of carbonyl (C=O) groups is 2. The largest absolute Gasteiger partial charge is 0.494 e. The van der Waals surface area contributed by atoms with Gasteiger partial charge < -0.3 is 19.9 Å². The Morgan fingerprint density at radius 2 is 1.68 bits per heavy atom. The van der Waals surface area contributed by atoms with E-state index in [0.717, 1.165) is 58.0 Å². The van der Waals surface area contributed by atoms with Gasteiger partial charge in [-0.1, -0.05) is 45.4 Å². The molecule has 9 nitrogen and oxygen atoms in total. The van der Waals surface area contributed by atoms with Gasteiger partial charge >= 0.3 is 0 Å². The average molecular weight is 613 g/mol. The van der Waals surface area contributed by atoms with Gasteiger partial charge in [0, 0.05) is 25.3 Å². The Kier molecular flexibility index (Phi) is 12.6. The number of carbonyl (C=O) groups excluding carboxylic acids is 2. The molecule has 2 amide bonds. The van der Waals surface area contributed by atoms with Gasteiger partial charge in [-0.15, -0.1) is 12.4 Å². The summed E-state index contributed by atoms with van der Waals surface area (Å²) in [5.41, 5.74) is -0.188. The summed E-state index contributed by atoms with van der Waals surface area (Å²) in [5, 5.41) is 3.19. The number of halogens is 1. The van der Waals surface area contributed by atoms with Gasteiger partial charge in [-0.2, -0.15) is 0 Å². The molecule has 0 unspecified atom stereocenters. The van der Waals surface area contributed by atoms with E-state index in [1.165, 1.54) is 32.1 Å². The molecule has 11 heteroatoms. The zero-order valence-corrected chi connectivity index (χ0v) is 26.4. The van der Waals surface area contributed by atoms with Crippen molar-refractivity contribution < 1.29 is 22.7 Å². The molecular weight excluding hydrogens is 564 g/mol. The molecule has 1 spiro atoms. The molecule has 2 saturated heterocycles. The predicted octanol–water partition coefficient (Wildman–Crippen LogP) is 4.57. The number of unbranched alkanes of at least 4 members (excludes halogenated alkanes) is 2. The molecule has 2 N–H and O–H groups in total. The molecule has 3 aliphatic rings. The van der Waals surface area contributed by atoms with E-state index in [1.54, 1.807) is 24.3 Å². The number of benzene rings is 1. The zero-order chi connectivity index (χ0) is 28.6. The van der Waals surface area contributed by atoms with E-state index in [4.69, 9.17) is 4.74 Å². The molecule has 3 fully saturated rings. The fourth-order valence-corrected chi connectivity index (χ4v) is 7.10. The minimum Gasteiger partial charge on any atom is -0.494 e. The van der Waals surface area contributed by atoms with E-state index in [-0.39, 0.29) is 30.3 Å². The van der Waals surface area contributed by atoms with Crippen LogP contribution in [0.1, 0.15) is 84.0 Å². The van der Waals surface area contributed by atoms with Crippen LogP contribution in [0.2, 0.25) is 0 Å². The molecule has 41 heavy (non-hydrogen) atoms. The van der Waals surface area contributed by atoms with Crippen LogP contribution < -0.4 is 14.8 Å². The molecule has 1 aromatic carbocycles. The molecule has 4 rings (SSSR count). The standard InChI is InChI=1S/C30H48N4O5S.ClH/c1-3-4-19-34-28(35)27(23-24-10-6-5-7-11-24)31-29(36)30(34)16-20-33(21-17-30)18-8-9-22-39-26-14-12-25(13-15-26)32-40(2,37)38;/h12-15,24,27,32H,3-11,16-23H2,1-2H3,(H,31,36);1H/t27-;/m0./s1. The lowest BCUT2D eigenvalue weighted by Crippen LogP contribution is -2.73. The highest BCUT2D eigenvalue weighted by molar-refractivity contribution is 7.92. The fourth-order valence-electron chi connectivity index (χ4n) is 6.54. The molecule has 1 aliphatic carbocycles. The number of amides is 2. The van der Waals surface area contributed by atoms with Crippen LogP contribution in [0.3, 0.4) is 0 Å². The molecule has 2 aliphatic heterocycles. The van der Waals surface area contributed by atoms with E-state index in [2.05, 4.69) is 21.9 Å². The molecule has 1 saturated carbocycles. The summed E-state index contributed by atoms with van der Waals surface area (Å²) >= 11 is 0. The van der Waals surface area contributed by atoms with Crippen molar-refractivity contribution in [2.75, 3.05) is 43.8 Å². The second-order valence-corrected chi connectivity index (χ2v) is 13.7. The highest BCUT2D eigenvalue weighted by Gasteiger charge is 2.53. The summed E-state index contributed by atoms with van der Waals surface area (Å²) in [6.45, 7) is 5.95. The average Bonchev–Trinajstić information content (AvgIpc) is 2.93. The quantitative estimate of drug-likeness (QED) is 0.316. The van der Waals surface area contributed by atoms with Gasteiger partial charge in [0.15, 0.2) is 0 Å². The number of rotatable bonds is 13. The Bertz CT molecular complexity index is 1090. The number of nitrogens with zero attached hydrogens (tertiary/aromatic N) is 2. The van der Waals surface area contributed by atoms with E-state index >= 15 is 0 Å². The van der Waals surface area contributed by atoms with Crippen LogP contribution in [-0.2, 0) is 19.6 Å². The summed E-state index contributed by atoms with van der Waals surface area (Å²) in [6, 6.07) is 6.54. The molecule has 232 valence electrons. The van der Waals surface area contributed by atoms with Crippen molar-refractivity contribution in [1.82, 2.24) is 15.1 Å². The number of piperidine rings is 1. The Morgan fingerprint density at radius 1 is 1.00 bits per heavy atom. The number of sulfonamides is 1. The Morgan fingerprint density at radius 3 is 2.32 bits per heavy atom. The maximum absolute atomic E-state index is 13.7. The van der Waals surface area contributed by atoms with Crippen molar-refractivity contribution in [3.63, 3.8) is 0 Å². The molecule has 0 radical (unpaired) electrons. The Balaban J connectivity index is 0.00000462. The minimum absolute atomic E-state index is 0. The van der Waals surface area contributed by atoms with E-state index in [9.17, 15) is 18.0 Å². The van der Waals surface area contributed by atoms with Gasteiger partial charge in [0.05, 0.1) is 12.9 Å². The molecule has 1 atom stereocenters. The zero-order valence-electron chi connectivity index (χ0n) is 24.7. The second-order valence-electron chi connectivity index (χ2n) is 11.9. The first-order valence-electron chi connectivity index (χ1n) is 15.3. The van der Waals surface area contributed by atoms with Crippen LogP contribution in [0.15, 0.2) is 24.3 Å². The minimum atomic E-state index is -3.29. The van der Waals surface area contributed by atoms with Crippen molar-refractivity contribution in [2.24, 2.45) is 5.92 Å². The molecule has 0 bridgehead atoms. The first kappa shape index (κ1) is 33.5. The summed E-state index contributed by atoms with van der Waals surface area (Å²) in [5.74, 6) is 1.47. The highest BCUT2D eigenvalue weighted by Crippen LogP contribution is 2.36. The van der Waals surface area contributed by atoms with E-state index in [0.29, 0.717) is 43.3 Å². The SMILES string of the molecule is CCCCN1C(=O)[C@H](CC2CCCCC2)NC(=O)C12CCN(CCCCOc1ccc(NS(C)(=O)=O)cc1)CC2.Cl. The van der Waals surface area contributed by atoms with Crippen molar-refractivity contribution >= 4 is 39.9 Å². The van der Waals surface area contributed by atoms with Gasteiger partial charge in [-0.05, 0) is 75.3 Å². The number of anilines is 1. The normalized spacial score (nSPS) is 21.8. The van der Waals surface area contributed by atoms with Gasteiger partial charge in [-0.25, -0.2) is 8.42 Å².